The molecule has 1 unspecified atom stereocenters. The summed E-state index contributed by atoms with van der Waals surface area (Å²) in [4.78, 5) is 21.0. The van der Waals surface area contributed by atoms with Gasteiger partial charge in [-0.05, 0) is 13.0 Å². The number of nitrogens with zero attached hydrogens (tertiary/aromatic N) is 3. The van der Waals surface area contributed by atoms with Gasteiger partial charge in [0.25, 0.3) is 0 Å². The number of nitrogens with one attached hydrogen (secondary N) is 1. The van der Waals surface area contributed by atoms with Gasteiger partial charge in [-0.3, -0.25) is 4.79 Å². The van der Waals surface area contributed by atoms with Crippen molar-refractivity contribution in [1.82, 2.24) is 14.5 Å². The van der Waals surface area contributed by atoms with E-state index in [9.17, 15) is 4.79 Å². The molecule has 0 saturated carbocycles. The van der Waals surface area contributed by atoms with Gasteiger partial charge in [-0.1, -0.05) is 41.6 Å². The third-order valence-electron chi connectivity index (χ3n) is 3.31. The van der Waals surface area contributed by atoms with Gasteiger partial charge in [0.05, 0.1) is 10.9 Å². The highest BCUT2D eigenvalue weighted by Gasteiger charge is 2.18. The summed E-state index contributed by atoms with van der Waals surface area (Å²) in [5.74, 6) is -0.108. The van der Waals surface area contributed by atoms with E-state index in [0.29, 0.717) is 10.2 Å². The van der Waals surface area contributed by atoms with Gasteiger partial charge in [-0.2, -0.15) is 0 Å². The quantitative estimate of drug-likeness (QED) is 0.672. The third-order valence-corrected chi connectivity index (χ3v) is 5.57. The Hall–Kier alpha value is -1.83. The zero-order valence-electron chi connectivity index (χ0n) is 13.1. The first-order valence-electron chi connectivity index (χ1n) is 7.20. The molecule has 2 aromatic heterocycles. The Morgan fingerprint density at radius 2 is 2.21 bits per heavy atom. The summed E-state index contributed by atoms with van der Waals surface area (Å²) in [6.45, 7) is 1.84. The monoisotopic (exact) mass is 378 g/mol. The lowest BCUT2D eigenvalue weighted by atomic mass is 10.2. The molecular formula is C16H15ClN4OS2. The van der Waals surface area contributed by atoms with Crippen molar-refractivity contribution in [2.24, 2.45) is 7.05 Å². The maximum absolute atomic E-state index is 12.3. The maximum Gasteiger partial charge on any atom is 0.239 e. The number of amides is 1. The van der Waals surface area contributed by atoms with Gasteiger partial charge in [-0.25, -0.2) is 9.97 Å². The fourth-order valence-electron chi connectivity index (χ4n) is 2.01. The Balaban J connectivity index is 1.67. The predicted octanol–water partition coefficient (Wildman–Crippen LogP) is 4.32. The zero-order valence-corrected chi connectivity index (χ0v) is 15.5. The molecule has 8 heteroatoms. The van der Waals surface area contributed by atoms with Crippen molar-refractivity contribution >= 4 is 45.7 Å². The van der Waals surface area contributed by atoms with E-state index in [2.05, 4.69) is 15.3 Å². The molecule has 3 rings (SSSR count). The third kappa shape index (κ3) is 3.80. The summed E-state index contributed by atoms with van der Waals surface area (Å²) < 4.78 is 1.88. The SMILES string of the molecule is CC(Sc1nccn1C)C(=O)Nc1nc(-c2ccccc2Cl)cs1. The van der Waals surface area contributed by atoms with E-state index in [-0.39, 0.29) is 11.2 Å². The van der Waals surface area contributed by atoms with Gasteiger partial charge in [0.2, 0.25) is 5.91 Å². The number of carbonyl (C=O) groups is 1. The van der Waals surface area contributed by atoms with Crippen molar-refractivity contribution in [3.05, 3.63) is 47.1 Å². The van der Waals surface area contributed by atoms with Crippen LogP contribution in [0.1, 0.15) is 6.92 Å². The number of halogens is 1. The van der Waals surface area contributed by atoms with E-state index >= 15 is 0 Å². The van der Waals surface area contributed by atoms with Crippen molar-refractivity contribution in [1.29, 1.82) is 0 Å². The van der Waals surface area contributed by atoms with Crippen molar-refractivity contribution in [3.8, 4) is 11.3 Å². The first-order chi connectivity index (χ1) is 11.5. The van der Waals surface area contributed by atoms with Crippen LogP contribution in [0.15, 0.2) is 47.2 Å². The fraction of sp³-hybridized carbons (Fsp3) is 0.188. The van der Waals surface area contributed by atoms with Crippen LogP contribution >= 0.6 is 34.7 Å². The number of aromatic nitrogens is 3. The highest BCUT2D eigenvalue weighted by atomic mass is 35.5. The van der Waals surface area contributed by atoms with Crippen molar-refractivity contribution in [2.45, 2.75) is 17.3 Å². The highest BCUT2D eigenvalue weighted by molar-refractivity contribution is 8.00. The largest absolute Gasteiger partial charge is 0.329 e. The number of aryl methyl sites for hydroxylation is 1. The van der Waals surface area contributed by atoms with Crippen LogP contribution in [0.25, 0.3) is 11.3 Å². The Kier molecular flexibility index (Phi) is 5.23. The molecule has 1 aromatic carbocycles. The Bertz CT molecular complexity index is 861. The minimum absolute atomic E-state index is 0.108. The molecule has 0 aliphatic heterocycles. The molecule has 24 heavy (non-hydrogen) atoms. The van der Waals surface area contributed by atoms with E-state index < -0.39 is 0 Å². The van der Waals surface area contributed by atoms with Crippen LogP contribution in [0.3, 0.4) is 0 Å². The number of carbonyl (C=O) groups excluding carboxylic acids is 1. The molecule has 0 fully saturated rings. The summed E-state index contributed by atoms with van der Waals surface area (Å²) in [6.07, 6.45) is 3.56. The topological polar surface area (TPSA) is 59.8 Å². The van der Waals surface area contributed by atoms with Gasteiger partial charge in [0.15, 0.2) is 10.3 Å². The maximum atomic E-state index is 12.3. The standard InChI is InChI=1S/C16H15ClN4OS2/c1-10(24-16-18-7-8-21(16)2)14(22)20-15-19-13(9-23-15)11-5-3-4-6-12(11)17/h3-10H,1-2H3,(H,19,20,22). The first-order valence-corrected chi connectivity index (χ1v) is 9.33. The van der Waals surface area contributed by atoms with E-state index in [1.807, 2.05) is 54.4 Å². The molecule has 3 aromatic rings. The van der Waals surface area contributed by atoms with Gasteiger partial charge < -0.3 is 9.88 Å². The van der Waals surface area contributed by atoms with Gasteiger partial charge in [-0.15, -0.1) is 11.3 Å². The Labute approximate surface area is 153 Å². The summed E-state index contributed by atoms with van der Waals surface area (Å²) in [6, 6.07) is 7.50. The predicted molar refractivity (Wildman–Crippen MR) is 99.7 cm³/mol. The average Bonchev–Trinajstić information content (AvgIpc) is 3.17. The number of thiazole rings is 1. The molecule has 5 nitrogen and oxygen atoms in total. The Morgan fingerprint density at radius 3 is 2.92 bits per heavy atom. The van der Waals surface area contributed by atoms with Gasteiger partial charge in [0, 0.05) is 35.4 Å². The first kappa shape index (κ1) is 17.0. The van der Waals surface area contributed by atoms with Crippen LogP contribution in [0, 0.1) is 0 Å². The molecule has 2 heterocycles. The van der Waals surface area contributed by atoms with Crippen molar-refractivity contribution < 1.29 is 4.79 Å². The van der Waals surface area contributed by atoms with Crippen LogP contribution in [0.5, 0.6) is 0 Å². The van der Waals surface area contributed by atoms with E-state index in [0.717, 1.165) is 16.4 Å². The van der Waals surface area contributed by atoms with Crippen molar-refractivity contribution in [3.63, 3.8) is 0 Å². The van der Waals surface area contributed by atoms with Crippen LogP contribution in [0.4, 0.5) is 5.13 Å². The highest BCUT2D eigenvalue weighted by Crippen LogP contribution is 2.30. The second-order valence-corrected chi connectivity index (χ2v) is 7.66. The van der Waals surface area contributed by atoms with Crippen LogP contribution in [0.2, 0.25) is 5.02 Å². The van der Waals surface area contributed by atoms with E-state index in [1.165, 1.54) is 23.1 Å². The number of anilines is 1. The van der Waals surface area contributed by atoms with Crippen molar-refractivity contribution in [2.75, 3.05) is 5.32 Å². The molecule has 1 atom stereocenters. The normalized spacial score (nSPS) is 12.1. The molecule has 0 radical (unpaired) electrons. The summed E-state index contributed by atoms with van der Waals surface area (Å²) >= 11 is 8.97. The average molecular weight is 379 g/mol. The number of hydrogen-bond acceptors (Lipinski definition) is 5. The molecule has 0 aliphatic rings. The molecule has 1 amide bonds. The number of hydrogen-bond donors (Lipinski definition) is 1. The lowest BCUT2D eigenvalue weighted by Gasteiger charge is -2.09. The second-order valence-electron chi connectivity index (χ2n) is 5.09. The molecule has 0 spiro atoms. The van der Waals surface area contributed by atoms with E-state index in [4.69, 9.17) is 11.6 Å². The molecule has 0 bridgehead atoms. The lowest BCUT2D eigenvalue weighted by molar-refractivity contribution is -0.115. The number of imidazole rings is 1. The Morgan fingerprint density at radius 1 is 1.42 bits per heavy atom. The fourth-order valence-corrected chi connectivity index (χ4v) is 3.79. The zero-order chi connectivity index (χ0) is 17.1. The van der Waals surface area contributed by atoms with Crippen LogP contribution < -0.4 is 5.32 Å². The van der Waals surface area contributed by atoms with Gasteiger partial charge in [0.1, 0.15) is 0 Å². The lowest BCUT2D eigenvalue weighted by Crippen LogP contribution is -2.22. The molecular weight excluding hydrogens is 364 g/mol. The van der Waals surface area contributed by atoms with Gasteiger partial charge >= 0.3 is 0 Å². The number of benzene rings is 1. The summed E-state index contributed by atoms with van der Waals surface area (Å²) in [7, 11) is 1.90. The molecule has 124 valence electrons. The minimum atomic E-state index is -0.279. The minimum Gasteiger partial charge on any atom is -0.329 e. The van der Waals surface area contributed by atoms with E-state index in [1.54, 1.807) is 6.20 Å². The summed E-state index contributed by atoms with van der Waals surface area (Å²) in [5, 5.41) is 6.45. The summed E-state index contributed by atoms with van der Waals surface area (Å²) in [5.41, 5.74) is 1.61. The smallest absolute Gasteiger partial charge is 0.239 e. The molecule has 0 aliphatic carbocycles. The second kappa shape index (κ2) is 7.38. The number of rotatable bonds is 5. The molecule has 0 saturated heterocycles. The number of thioether (sulfide) groups is 1. The van der Waals surface area contributed by atoms with Crippen LogP contribution in [-0.2, 0) is 11.8 Å². The van der Waals surface area contributed by atoms with Crippen LogP contribution in [-0.4, -0.2) is 25.7 Å². The molecule has 1 N–H and O–H groups in total.